The van der Waals surface area contributed by atoms with E-state index < -0.39 is 11.0 Å². The topological polar surface area (TPSA) is 110 Å². The van der Waals surface area contributed by atoms with E-state index in [0.717, 1.165) is 11.1 Å². The van der Waals surface area contributed by atoms with Crippen LogP contribution in [-0.2, 0) is 17.9 Å². The number of aromatic nitrogens is 2. The minimum atomic E-state index is -0.753. The Morgan fingerprint density at radius 2 is 1.68 bits per heavy atom. The van der Waals surface area contributed by atoms with Gasteiger partial charge >= 0.3 is 0 Å². The first kappa shape index (κ1) is 19.1. The number of rotatable bonds is 8. The smallest absolute Gasteiger partial charge is 0.269 e. The highest BCUT2D eigenvalue weighted by Crippen LogP contribution is 2.20. The minimum Gasteiger partial charge on any atom is -0.350 e. The Morgan fingerprint density at radius 1 is 1.00 bits per heavy atom. The molecule has 0 fully saturated rings. The fourth-order valence-corrected chi connectivity index (χ4v) is 2.70. The van der Waals surface area contributed by atoms with Gasteiger partial charge in [-0.15, -0.1) is 0 Å². The van der Waals surface area contributed by atoms with Gasteiger partial charge in [0.2, 0.25) is 5.91 Å². The number of benzene rings is 1. The molecule has 2 N–H and O–H groups in total. The molecule has 8 heteroatoms. The molecule has 0 aliphatic carbocycles. The Balaban J connectivity index is 1.77. The van der Waals surface area contributed by atoms with E-state index in [0.29, 0.717) is 18.7 Å². The Morgan fingerprint density at radius 3 is 2.29 bits per heavy atom. The van der Waals surface area contributed by atoms with Crippen LogP contribution in [0.1, 0.15) is 22.7 Å². The number of pyridine rings is 2. The predicted octanol–water partition coefficient (Wildman–Crippen LogP) is 2.53. The summed E-state index contributed by atoms with van der Waals surface area (Å²) in [5, 5.41) is 17.1. The number of nitrogens with zero attached hydrogens (tertiary/aromatic N) is 3. The molecule has 0 aliphatic heterocycles. The minimum absolute atomic E-state index is 0.0641. The summed E-state index contributed by atoms with van der Waals surface area (Å²) < 4.78 is 0. The fraction of sp³-hybridized carbons (Fsp3) is 0.150. The van der Waals surface area contributed by atoms with Gasteiger partial charge in [0.05, 0.1) is 4.92 Å². The van der Waals surface area contributed by atoms with Gasteiger partial charge < -0.3 is 5.32 Å². The maximum absolute atomic E-state index is 12.8. The van der Waals surface area contributed by atoms with Gasteiger partial charge in [0.1, 0.15) is 6.04 Å². The summed E-state index contributed by atoms with van der Waals surface area (Å²) in [6.07, 6.45) is 6.70. The second-order valence-electron chi connectivity index (χ2n) is 6.11. The van der Waals surface area contributed by atoms with Crippen LogP contribution in [-0.4, -0.2) is 20.8 Å². The Bertz CT molecular complexity index is 935. The number of non-ortho nitro benzene ring substituents is 1. The van der Waals surface area contributed by atoms with E-state index in [1.807, 2.05) is 18.2 Å². The highest BCUT2D eigenvalue weighted by Gasteiger charge is 2.22. The number of hydrogen-bond acceptors (Lipinski definition) is 6. The van der Waals surface area contributed by atoms with Crippen LogP contribution in [0.3, 0.4) is 0 Å². The lowest BCUT2D eigenvalue weighted by Gasteiger charge is -2.19. The Labute approximate surface area is 161 Å². The lowest BCUT2D eigenvalue weighted by molar-refractivity contribution is -0.384. The molecule has 1 unspecified atom stereocenters. The second-order valence-corrected chi connectivity index (χ2v) is 6.11. The third-order valence-electron chi connectivity index (χ3n) is 4.10. The van der Waals surface area contributed by atoms with E-state index in [1.54, 1.807) is 43.0 Å². The molecule has 0 aliphatic rings. The van der Waals surface area contributed by atoms with Crippen LogP contribution < -0.4 is 10.6 Å². The second kappa shape index (κ2) is 9.33. The van der Waals surface area contributed by atoms with Crippen molar-refractivity contribution in [1.29, 1.82) is 0 Å². The van der Waals surface area contributed by atoms with E-state index in [4.69, 9.17) is 0 Å². The molecule has 2 heterocycles. The van der Waals surface area contributed by atoms with Gasteiger partial charge in [-0.1, -0.05) is 24.3 Å². The summed E-state index contributed by atoms with van der Waals surface area (Å²) >= 11 is 0. The molecule has 1 atom stereocenters. The van der Waals surface area contributed by atoms with Crippen LogP contribution >= 0.6 is 0 Å². The molecular formula is C20H19N5O3. The lowest BCUT2D eigenvalue weighted by atomic mass is 10.0. The van der Waals surface area contributed by atoms with E-state index in [1.165, 1.54) is 12.1 Å². The van der Waals surface area contributed by atoms with Crippen LogP contribution in [0.15, 0.2) is 73.3 Å². The van der Waals surface area contributed by atoms with Gasteiger partial charge in [-0.2, -0.15) is 0 Å². The third-order valence-corrected chi connectivity index (χ3v) is 4.10. The van der Waals surface area contributed by atoms with E-state index in [-0.39, 0.29) is 11.6 Å². The molecule has 3 rings (SSSR count). The zero-order valence-electron chi connectivity index (χ0n) is 15.0. The molecule has 2 aromatic heterocycles. The third kappa shape index (κ3) is 5.18. The standard InChI is InChI=1S/C20H19N5O3/c26-20(24-14-16-5-3-9-22-12-16)19(23-13-15-4-2-8-21-11-15)17-6-1-7-18(10-17)25(27)28/h1-12,19,23H,13-14H2,(H,24,26). The maximum Gasteiger partial charge on any atom is 0.269 e. The summed E-state index contributed by atoms with van der Waals surface area (Å²) in [6, 6.07) is 12.7. The molecule has 0 bridgehead atoms. The zero-order valence-corrected chi connectivity index (χ0v) is 15.0. The number of amides is 1. The highest BCUT2D eigenvalue weighted by atomic mass is 16.6. The van der Waals surface area contributed by atoms with E-state index in [9.17, 15) is 14.9 Å². The monoisotopic (exact) mass is 377 g/mol. The van der Waals surface area contributed by atoms with Crippen molar-refractivity contribution in [3.05, 3.63) is 100 Å². The number of hydrogen-bond donors (Lipinski definition) is 2. The van der Waals surface area contributed by atoms with E-state index >= 15 is 0 Å². The van der Waals surface area contributed by atoms with E-state index in [2.05, 4.69) is 20.6 Å². The van der Waals surface area contributed by atoms with Gasteiger partial charge in [0, 0.05) is 50.0 Å². The van der Waals surface area contributed by atoms with Crippen LogP contribution in [0.5, 0.6) is 0 Å². The van der Waals surface area contributed by atoms with Crippen LogP contribution in [0.4, 0.5) is 5.69 Å². The molecular weight excluding hydrogens is 358 g/mol. The van der Waals surface area contributed by atoms with Crippen LogP contribution in [0, 0.1) is 10.1 Å². The van der Waals surface area contributed by atoms with Crippen molar-refractivity contribution < 1.29 is 9.72 Å². The molecule has 1 aromatic carbocycles. The number of carbonyl (C=O) groups is 1. The molecule has 142 valence electrons. The van der Waals surface area contributed by atoms with Crippen LogP contribution in [0.2, 0.25) is 0 Å². The maximum atomic E-state index is 12.8. The average Bonchev–Trinajstić information content (AvgIpc) is 2.74. The van der Waals surface area contributed by atoms with Gasteiger partial charge in [0.15, 0.2) is 0 Å². The summed E-state index contributed by atoms with van der Waals surface area (Å²) in [5.74, 6) is -0.284. The summed E-state index contributed by atoms with van der Waals surface area (Å²) in [4.78, 5) is 31.5. The summed E-state index contributed by atoms with van der Waals surface area (Å²) in [7, 11) is 0. The van der Waals surface area contributed by atoms with Gasteiger partial charge in [-0.25, -0.2) is 0 Å². The SMILES string of the molecule is O=C(NCc1cccnc1)C(NCc1cccnc1)c1cccc([N+](=O)[O-])c1. The van der Waals surface area contributed by atoms with Crippen molar-refractivity contribution in [2.24, 2.45) is 0 Å². The molecule has 0 spiro atoms. The molecule has 1 amide bonds. The molecule has 28 heavy (non-hydrogen) atoms. The van der Waals surface area contributed by atoms with Crippen molar-refractivity contribution in [1.82, 2.24) is 20.6 Å². The largest absolute Gasteiger partial charge is 0.350 e. The summed E-state index contributed by atoms with van der Waals surface area (Å²) in [6.45, 7) is 0.703. The Hall–Kier alpha value is -3.65. The molecule has 3 aromatic rings. The van der Waals surface area contributed by atoms with Gasteiger partial charge in [-0.3, -0.25) is 30.2 Å². The first-order chi connectivity index (χ1) is 13.6. The first-order valence-electron chi connectivity index (χ1n) is 8.67. The normalized spacial score (nSPS) is 11.6. The van der Waals surface area contributed by atoms with Crippen molar-refractivity contribution in [2.75, 3.05) is 0 Å². The van der Waals surface area contributed by atoms with Crippen molar-refractivity contribution in [3.8, 4) is 0 Å². The van der Waals surface area contributed by atoms with Crippen molar-refractivity contribution >= 4 is 11.6 Å². The molecule has 0 radical (unpaired) electrons. The average molecular weight is 377 g/mol. The van der Waals surface area contributed by atoms with Gasteiger partial charge in [-0.05, 0) is 28.8 Å². The Kier molecular flexibility index (Phi) is 6.37. The quantitative estimate of drug-likeness (QED) is 0.461. The lowest BCUT2D eigenvalue weighted by Crippen LogP contribution is -2.37. The molecule has 0 saturated carbocycles. The molecule has 0 saturated heterocycles. The predicted molar refractivity (Wildman–Crippen MR) is 103 cm³/mol. The number of carbonyl (C=O) groups excluding carboxylic acids is 1. The zero-order chi connectivity index (χ0) is 19.8. The first-order valence-corrected chi connectivity index (χ1v) is 8.67. The number of nitrogens with one attached hydrogen (secondary N) is 2. The molecule has 8 nitrogen and oxygen atoms in total. The fourth-order valence-electron chi connectivity index (χ4n) is 2.70. The summed E-state index contributed by atoms with van der Waals surface area (Å²) in [5.41, 5.74) is 2.21. The number of nitro benzene ring substituents is 1. The van der Waals surface area contributed by atoms with Crippen molar-refractivity contribution in [3.63, 3.8) is 0 Å². The van der Waals surface area contributed by atoms with Crippen LogP contribution in [0.25, 0.3) is 0 Å². The van der Waals surface area contributed by atoms with Gasteiger partial charge in [0.25, 0.3) is 5.69 Å². The number of nitro groups is 1. The highest BCUT2D eigenvalue weighted by molar-refractivity contribution is 5.83. The van der Waals surface area contributed by atoms with Crippen molar-refractivity contribution in [2.45, 2.75) is 19.1 Å².